The van der Waals surface area contributed by atoms with Crippen LogP contribution >= 0.6 is 23.2 Å². The zero-order valence-corrected chi connectivity index (χ0v) is 16.7. The molecule has 1 N–H and O–H groups in total. The topological polar surface area (TPSA) is 45.2 Å². The van der Waals surface area contributed by atoms with Crippen molar-refractivity contribution in [3.8, 4) is 0 Å². The van der Waals surface area contributed by atoms with E-state index in [4.69, 9.17) is 23.2 Å². The summed E-state index contributed by atoms with van der Waals surface area (Å²) in [4.78, 5) is 20.0. The SMILES string of the molecule is O=C1c2cc3ccccc3nc2NC(c2cccc(Cl)c2Cl)N1c1ccccc1. The highest BCUT2D eigenvalue weighted by atomic mass is 35.5. The molecule has 4 nitrogen and oxygen atoms in total. The standard InChI is InChI=1S/C23H15Cl2N3O/c24-18-11-6-10-16(20(18)25)22-27-21-17(13-14-7-4-5-12-19(14)26-21)23(29)28(22)15-8-2-1-3-9-15/h1-13,22H,(H,26,27). The molecule has 5 rings (SSSR count). The molecular weight excluding hydrogens is 405 g/mol. The van der Waals surface area contributed by atoms with Crippen LogP contribution in [0.2, 0.25) is 10.0 Å². The maximum atomic E-state index is 13.6. The number of pyridine rings is 1. The number of benzene rings is 3. The number of carbonyl (C=O) groups excluding carboxylic acids is 1. The van der Waals surface area contributed by atoms with Gasteiger partial charge in [-0.15, -0.1) is 0 Å². The Kier molecular flexibility index (Phi) is 4.38. The van der Waals surface area contributed by atoms with Gasteiger partial charge >= 0.3 is 0 Å². The molecule has 0 bridgehead atoms. The third kappa shape index (κ3) is 3.01. The third-order valence-electron chi connectivity index (χ3n) is 5.02. The quantitative estimate of drug-likeness (QED) is 0.413. The lowest BCUT2D eigenvalue weighted by molar-refractivity contribution is 0.0974. The van der Waals surface area contributed by atoms with Crippen LogP contribution in [0.3, 0.4) is 0 Å². The van der Waals surface area contributed by atoms with E-state index in [1.807, 2.05) is 72.8 Å². The minimum absolute atomic E-state index is 0.149. The molecule has 0 spiro atoms. The van der Waals surface area contributed by atoms with Crippen LogP contribution in [0.15, 0.2) is 78.9 Å². The van der Waals surface area contributed by atoms with E-state index in [2.05, 4.69) is 10.3 Å². The van der Waals surface area contributed by atoms with Crippen LogP contribution in [-0.4, -0.2) is 10.9 Å². The predicted molar refractivity (Wildman–Crippen MR) is 118 cm³/mol. The first-order valence-corrected chi connectivity index (χ1v) is 9.88. The second-order valence-electron chi connectivity index (χ2n) is 6.78. The summed E-state index contributed by atoms with van der Waals surface area (Å²) in [6.45, 7) is 0. The number of carbonyl (C=O) groups is 1. The van der Waals surface area contributed by atoms with Crippen molar-refractivity contribution in [2.45, 2.75) is 6.17 Å². The number of amides is 1. The second kappa shape index (κ2) is 7.07. The van der Waals surface area contributed by atoms with E-state index < -0.39 is 6.17 Å². The summed E-state index contributed by atoms with van der Waals surface area (Å²) in [5.41, 5.74) is 2.79. The number of aromatic nitrogens is 1. The zero-order chi connectivity index (χ0) is 20.0. The number of hydrogen-bond donors (Lipinski definition) is 1. The van der Waals surface area contributed by atoms with Crippen molar-refractivity contribution in [2.24, 2.45) is 0 Å². The molecule has 6 heteroatoms. The van der Waals surface area contributed by atoms with Crippen LogP contribution < -0.4 is 10.2 Å². The van der Waals surface area contributed by atoms with Crippen molar-refractivity contribution >= 4 is 51.5 Å². The molecule has 1 aromatic heterocycles. The number of nitrogens with zero attached hydrogens (tertiary/aromatic N) is 2. The van der Waals surface area contributed by atoms with Crippen LogP contribution in [0.1, 0.15) is 22.1 Å². The minimum atomic E-state index is -0.544. The van der Waals surface area contributed by atoms with E-state index in [9.17, 15) is 4.79 Å². The molecule has 1 atom stereocenters. The molecule has 0 saturated carbocycles. The molecule has 2 heterocycles. The maximum Gasteiger partial charge on any atom is 0.264 e. The predicted octanol–water partition coefficient (Wildman–Crippen LogP) is 6.31. The van der Waals surface area contributed by atoms with Crippen LogP contribution in [0.5, 0.6) is 0 Å². The molecule has 1 amide bonds. The van der Waals surface area contributed by atoms with Gasteiger partial charge in [-0.25, -0.2) is 4.98 Å². The van der Waals surface area contributed by atoms with Crippen LogP contribution in [0, 0.1) is 0 Å². The monoisotopic (exact) mass is 419 g/mol. The summed E-state index contributed by atoms with van der Waals surface area (Å²) in [6.07, 6.45) is -0.544. The fraction of sp³-hybridized carbons (Fsp3) is 0.0435. The number of para-hydroxylation sites is 2. The van der Waals surface area contributed by atoms with Crippen LogP contribution in [-0.2, 0) is 0 Å². The first-order chi connectivity index (χ1) is 14.1. The first kappa shape index (κ1) is 18.0. The Morgan fingerprint density at radius 3 is 2.48 bits per heavy atom. The van der Waals surface area contributed by atoms with Crippen molar-refractivity contribution in [3.63, 3.8) is 0 Å². The molecule has 3 aromatic carbocycles. The van der Waals surface area contributed by atoms with E-state index in [0.717, 1.165) is 16.6 Å². The van der Waals surface area contributed by atoms with Crippen LogP contribution in [0.4, 0.5) is 11.5 Å². The maximum absolute atomic E-state index is 13.6. The molecule has 4 aromatic rings. The van der Waals surface area contributed by atoms with Gasteiger partial charge in [-0.1, -0.05) is 71.7 Å². The van der Waals surface area contributed by atoms with Crippen molar-refractivity contribution in [2.75, 3.05) is 10.2 Å². The lowest BCUT2D eigenvalue weighted by Gasteiger charge is -2.38. The van der Waals surface area contributed by atoms with Gasteiger partial charge in [-0.3, -0.25) is 9.69 Å². The molecule has 1 aliphatic heterocycles. The minimum Gasteiger partial charge on any atom is -0.345 e. The van der Waals surface area contributed by atoms with Gasteiger partial charge in [0, 0.05) is 16.6 Å². The average Bonchev–Trinajstić information content (AvgIpc) is 2.75. The van der Waals surface area contributed by atoms with E-state index in [1.54, 1.807) is 11.0 Å². The smallest absolute Gasteiger partial charge is 0.264 e. The lowest BCUT2D eigenvalue weighted by atomic mass is 10.0. The van der Waals surface area contributed by atoms with E-state index in [0.29, 0.717) is 27.0 Å². The van der Waals surface area contributed by atoms with Gasteiger partial charge in [0.05, 0.1) is 21.1 Å². The summed E-state index contributed by atoms with van der Waals surface area (Å²) >= 11 is 12.8. The highest BCUT2D eigenvalue weighted by Gasteiger charge is 2.36. The van der Waals surface area contributed by atoms with Gasteiger partial charge in [0.1, 0.15) is 12.0 Å². The Morgan fingerprint density at radius 1 is 0.897 bits per heavy atom. The van der Waals surface area contributed by atoms with E-state index in [-0.39, 0.29) is 5.91 Å². The molecule has 1 unspecified atom stereocenters. The van der Waals surface area contributed by atoms with Gasteiger partial charge < -0.3 is 5.32 Å². The average molecular weight is 420 g/mol. The van der Waals surface area contributed by atoms with Gasteiger partial charge in [0.2, 0.25) is 0 Å². The summed E-state index contributed by atoms with van der Waals surface area (Å²) in [5.74, 6) is 0.381. The molecule has 29 heavy (non-hydrogen) atoms. The molecule has 142 valence electrons. The van der Waals surface area contributed by atoms with Gasteiger partial charge in [-0.2, -0.15) is 0 Å². The normalized spacial score (nSPS) is 15.9. The number of nitrogens with one attached hydrogen (secondary N) is 1. The molecule has 0 aliphatic carbocycles. The summed E-state index contributed by atoms with van der Waals surface area (Å²) in [5, 5.41) is 5.16. The largest absolute Gasteiger partial charge is 0.345 e. The zero-order valence-electron chi connectivity index (χ0n) is 15.1. The Hall–Kier alpha value is -3.08. The van der Waals surface area contributed by atoms with Crippen molar-refractivity contribution in [1.82, 2.24) is 4.98 Å². The Bertz CT molecular complexity index is 1240. The highest BCUT2D eigenvalue weighted by molar-refractivity contribution is 6.42. The van der Waals surface area contributed by atoms with E-state index >= 15 is 0 Å². The number of rotatable bonds is 2. The summed E-state index contributed by atoms with van der Waals surface area (Å²) < 4.78 is 0. The Morgan fingerprint density at radius 2 is 1.66 bits per heavy atom. The Balaban J connectivity index is 1.73. The van der Waals surface area contributed by atoms with Gasteiger partial charge in [-0.05, 0) is 30.3 Å². The van der Waals surface area contributed by atoms with Gasteiger partial charge in [0.15, 0.2) is 0 Å². The fourth-order valence-electron chi connectivity index (χ4n) is 3.63. The molecule has 1 aliphatic rings. The van der Waals surface area contributed by atoms with Gasteiger partial charge in [0.25, 0.3) is 5.91 Å². The number of hydrogen-bond acceptors (Lipinski definition) is 3. The van der Waals surface area contributed by atoms with Crippen molar-refractivity contribution < 1.29 is 4.79 Å². The van der Waals surface area contributed by atoms with Crippen molar-refractivity contribution in [1.29, 1.82) is 0 Å². The number of fused-ring (bicyclic) bond motifs is 2. The fourth-order valence-corrected chi connectivity index (χ4v) is 4.04. The van der Waals surface area contributed by atoms with Crippen LogP contribution in [0.25, 0.3) is 10.9 Å². The number of halogens is 2. The molecule has 0 saturated heterocycles. The van der Waals surface area contributed by atoms with Crippen molar-refractivity contribution in [3.05, 3.63) is 100 Å². The summed E-state index contributed by atoms with van der Waals surface area (Å²) in [7, 11) is 0. The molecule has 0 radical (unpaired) electrons. The summed E-state index contributed by atoms with van der Waals surface area (Å²) in [6, 6.07) is 24.5. The Labute approximate surface area is 177 Å². The molecular formula is C23H15Cl2N3O. The first-order valence-electron chi connectivity index (χ1n) is 9.12. The van der Waals surface area contributed by atoms with E-state index in [1.165, 1.54) is 0 Å². The second-order valence-corrected chi connectivity index (χ2v) is 7.56. The third-order valence-corrected chi connectivity index (χ3v) is 5.85. The lowest BCUT2D eigenvalue weighted by Crippen LogP contribution is -2.43. The number of anilines is 2. The highest BCUT2D eigenvalue weighted by Crippen LogP contribution is 2.40. The molecule has 0 fully saturated rings.